The lowest BCUT2D eigenvalue weighted by molar-refractivity contribution is -0.123. The molecule has 2 aromatic carbocycles. The molecule has 8 heteroatoms. The molecule has 0 saturated heterocycles. The predicted molar refractivity (Wildman–Crippen MR) is 123 cm³/mol. The Morgan fingerprint density at radius 1 is 1.17 bits per heavy atom. The second-order valence-corrected chi connectivity index (χ2v) is 8.39. The highest BCUT2D eigenvalue weighted by Gasteiger charge is 2.15. The summed E-state index contributed by atoms with van der Waals surface area (Å²) >= 11 is 13.0. The van der Waals surface area contributed by atoms with E-state index in [9.17, 15) is 4.79 Å². The molecule has 29 heavy (non-hydrogen) atoms. The van der Waals surface area contributed by atoms with Crippen LogP contribution in [0.3, 0.4) is 0 Å². The molecule has 0 saturated carbocycles. The molecule has 1 aromatic heterocycles. The summed E-state index contributed by atoms with van der Waals surface area (Å²) in [6, 6.07) is 14.9. The Labute approximate surface area is 191 Å². The van der Waals surface area contributed by atoms with Crippen LogP contribution in [0.15, 0.2) is 62.6 Å². The highest BCUT2D eigenvalue weighted by molar-refractivity contribution is 9.10. The van der Waals surface area contributed by atoms with Crippen molar-refractivity contribution in [3.63, 3.8) is 0 Å². The van der Waals surface area contributed by atoms with E-state index in [1.54, 1.807) is 30.5 Å². The first-order chi connectivity index (χ1) is 13.9. The summed E-state index contributed by atoms with van der Waals surface area (Å²) in [6.45, 7) is 3.87. The van der Waals surface area contributed by atoms with Crippen molar-refractivity contribution in [1.29, 1.82) is 0 Å². The summed E-state index contributed by atoms with van der Waals surface area (Å²) in [5, 5.41) is 4.62. The van der Waals surface area contributed by atoms with Crippen molar-refractivity contribution in [1.82, 2.24) is 9.99 Å². The lowest BCUT2D eigenvalue weighted by Gasteiger charge is -2.09. The highest BCUT2D eigenvalue weighted by Crippen LogP contribution is 2.30. The number of rotatable bonds is 6. The van der Waals surface area contributed by atoms with E-state index >= 15 is 0 Å². The third-order valence-corrected chi connectivity index (χ3v) is 6.01. The van der Waals surface area contributed by atoms with Gasteiger partial charge >= 0.3 is 0 Å². The van der Waals surface area contributed by atoms with Crippen LogP contribution in [-0.4, -0.2) is 23.3 Å². The molecule has 0 aliphatic carbocycles. The Hall–Kier alpha value is -2.09. The quantitative estimate of drug-likeness (QED) is 0.318. The first-order valence-corrected chi connectivity index (χ1v) is 10.7. The van der Waals surface area contributed by atoms with E-state index in [2.05, 4.69) is 47.0 Å². The molecule has 3 rings (SSSR count). The van der Waals surface area contributed by atoms with Gasteiger partial charge in [0.25, 0.3) is 5.91 Å². The van der Waals surface area contributed by atoms with Crippen molar-refractivity contribution in [2.24, 2.45) is 5.10 Å². The topological polar surface area (TPSA) is 55.6 Å². The number of nitrogens with zero attached hydrogens (tertiary/aromatic N) is 2. The molecule has 0 fully saturated rings. The van der Waals surface area contributed by atoms with Crippen LogP contribution in [-0.2, 0) is 4.79 Å². The fourth-order valence-electron chi connectivity index (χ4n) is 2.86. The minimum atomic E-state index is -0.362. The van der Waals surface area contributed by atoms with Gasteiger partial charge in [-0.05, 0) is 72.2 Å². The van der Waals surface area contributed by atoms with Crippen LogP contribution in [0.25, 0.3) is 5.69 Å². The summed E-state index contributed by atoms with van der Waals surface area (Å²) in [4.78, 5) is 12.0. The number of hydrogen-bond acceptors (Lipinski definition) is 3. The van der Waals surface area contributed by atoms with Gasteiger partial charge in [-0.15, -0.1) is 0 Å². The van der Waals surface area contributed by atoms with Gasteiger partial charge in [-0.1, -0.05) is 33.6 Å². The number of aromatic nitrogens is 1. The molecule has 0 atom stereocenters. The van der Waals surface area contributed by atoms with Gasteiger partial charge in [0, 0.05) is 36.6 Å². The van der Waals surface area contributed by atoms with E-state index in [1.807, 2.05) is 38.1 Å². The van der Waals surface area contributed by atoms with Crippen LogP contribution in [0.5, 0.6) is 5.75 Å². The van der Waals surface area contributed by atoms with Gasteiger partial charge in [-0.2, -0.15) is 5.10 Å². The number of nitrogens with one attached hydrogen (secondary N) is 1. The van der Waals surface area contributed by atoms with E-state index in [0.717, 1.165) is 31.6 Å². The number of carbonyl (C=O) groups excluding carboxylic acids is 1. The van der Waals surface area contributed by atoms with E-state index in [1.165, 1.54) is 0 Å². The first kappa shape index (κ1) is 21.6. The van der Waals surface area contributed by atoms with E-state index < -0.39 is 0 Å². The third-order valence-electron chi connectivity index (χ3n) is 4.25. The fourth-order valence-corrected chi connectivity index (χ4v) is 3.87. The summed E-state index contributed by atoms with van der Waals surface area (Å²) < 4.78 is 9.47. The van der Waals surface area contributed by atoms with Crippen molar-refractivity contribution in [2.75, 3.05) is 6.61 Å². The lowest BCUT2D eigenvalue weighted by Crippen LogP contribution is -2.24. The zero-order valence-electron chi connectivity index (χ0n) is 15.7. The van der Waals surface area contributed by atoms with Crippen molar-refractivity contribution in [3.05, 3.63) is 79.5 Å². The lowest BCUT2D eigenvalue weighted by atomic mass is 10.2. The molecule has 0 radical (unpaired) electrons. The van der Waals surface area contributed by atoms with Gasteiger partial charge in [0.1, 0.15) is 5.75 Å². The molecule has 0 aliphatic rings. The van der Waals surface area contributed by atoms with E-state index in [-0.39, 0.29) is 12.5 Å². The van der Waals surface area contributed by atoms with Crippen LogP contribution < -0.4 is 10.2 Å². The maximum absolute atomic E-state index is 12.0. The first-order valence-electron chi connectivity index (χ1n) is 8.70. The number of ether oxygens (including phenoxy) is 1. The monoisotopic (exact) mass is 537 g/mol. The summed E-state index contributed by atoms with van der Waals surface area (Å²) in [5.74, 6) is 0.163. The van der Waals surface area contributed by atoms with Crippen molar-refractivity contribution in [2.45, 2.75) is 13.8 Å². The van der Waals surface area contributed by atoms with Gasteiger partial charge in [-0.3, -0.25) is 4.79 Å². The summed E-state index contributed by atoms with van der Waals surface area (Å²) in [6.07, 6.45) is 1.62. The molecule has 1 amide bonds. The molecular formula is C21H18Br2ClN3O2. The molecular weight excluding hydrogens is 522 g/mol. The molecule has 1 N–H and O–H groups in total. The van der Waals surface area contributed by atoms with Crippen LogP contribution in [0, 0.1) is 13.8 Å². The molecule has 0 spiro atoms. The standard InChI is InChI=1S/C21H18Br2ClN3O2/c1-13-19(21(23)14(2)27(13)17-8-6-15(22)7-9-17)11-25-26-20(28)12-29-18-5-3-4-16(24)10-18/h3-11H,12H2,1-2H3,(H,26,28)/b25-11+. The second-order valence-electron chi connectivity index (χ2n) is 6.25. The average Bonchev–Trinajstić information content (AvgIpc) is 2.90. The van der Waals surface area contributed by atoms with Crippen molar-refractivity contribution < 1.29 is 9.53 Å². The zero-order valence-corrected chi connectivity index (χ0v) is 19.7. The van der Waals surface area contributed by atoms with E-state index in [4.69, 9.17) is 16.3 Å². The third kappa shape index (κ3) is 5.29. The van der Waals surface area contributed by atoms with Crippen LogP contribution in [0.1, 0.15) is 17.0 Å². The number of halogens is 3. The minimum absolute atomic E-state index is 0.156. The normalized spacial score (nSPS) is 11.1. The SMILES string of the molecule is Cc1c(Br)c(/C=N/NC(=O)COc2cccc(Cl)c2)c(C)n1-c1ccc(Br)cc1. The number of hydrogen-bond donors (Lipinski definition) is 1. The maximum atomic E-state index is 12.0. The van der Waals surface area contributed by atoms with Crippen molar-refractivity contribution in [3.8, 4) is 11.4 Å². The molecule has 0 unspecified atom stereocenters. The summed E-state index contributed by atoms with van der Waals surface area (Å²) in [7, 11) is 0. The molecule has 0 bridgehead atoms. The van der Waals surface area contributed by atoms with Gasteiger partial charge < -0.3 is 9.30 Å². The minimum Gasteiger partial charge on any atom is -0.484 e. The molecule has 1 heterocycles. The molecule has 150 valence electrons. The van der Waals surface area contributed by atoms with Gasteiger partial charge in [0.15, 0.2) is 6.61 Å². The van der Waals surface area contributed by atoms with Crippen LogP contribution in [0.4, 0.5) is 0 Å². The van der Waals surface area contributed by atoms with Gasteiger partial charge in [0.05, 0.1) is 6.21 Å². The average molecular weight is 540 g/mol. The number of benzene rings is 2. The number of carbonyl (C=O) groups is 1. The predicted octanol–water partition coefficient (Wildman–Crippen LogP) is 5.80. The maximum Gasteiger partial charge on any atom is 0.277 e. The van der Waals surface area contributed by atoms with Crippen LogP contribution >= 0.6 is 43.5 Å². The molecule has 5 nitrogen and oxygen atoms in total. The van der Waals surface area contributed by atoms with Gasteiger partial charge in [0.2, 0.25) is 0 Å². The Morgan fingerprint density at radius 3 is 2.59 bits per heavy atom. The second kappa shape index (κ2) is 9.61. The van der Waals surface area contributed by atoms with E-state index in [0.29, 0.717) is 10.8 Å². The number of hydrazone groups is 1. The smallest absolute Gasteiger partial charge is 0.277 e. The Bertz CT molecular complexity index is 1060. The summed E-state index contributed by atoms with van der Waals surface area (Å²) in [5.41, 5.74) is 6.46. The van der Waals surface area contributed by atoms with Gasteiger partial charge in [-0.25, -0.2) is 5.43 Å². The fraction of sp³-hybridized carbons (Fsp3) is 0.143. The van der Waals surface area contributed by atoms with Crippen molar-refractivity contribution >= 4 is 55.6 Å². The van der Waals surface area contributed by atoms with Crippen LogP contribution in [0.2, 0.25) is 5.02 Å². The Morgan fingerprint density at radius 2 is 1.90 bits per heavy atom. The molecule has 3 aromatic rings. The number of amides is 1. The highest BCUT2D eigenvalue weighted by atomic mass is 79.9. The largest absolute Gasteiger partial charge is 0.484 e. The molecule has 0 aliphatic heterocycles. The Kier molecular flexibility index (Phi) is 7.16. The Balaban J connectivity index is 1.68. The zero-order chi connectivity index (χ0) is 21.0.